The lowest BCUT2D eigenvalue weighted by Crippen LogP contribution is -2.22. The van der Waals surface area contributed by atoms with Gasteiger partial charge in [0.15, 0.2) is 0 Å². The monoisotopic (exact) mass is 455 g/mol. The molecule has 0 saturated carbocycles. The average Bonchev–Trinajstić information content (AvgIpc) is 2.79. The fourth-order valence-corrected chi connectivity index (χ4v) is 3.08. The molecule has 0 fully saturated rings. The highest BCUT2D eigenvalue weighted by atomic mass is 19.1. The molecule has 0 radical (unpaired) electrons. The SMILES string of the molecule is C#C.CC(C)(C)O.CO.Cc1ccc2c(=O)n(C)c(CC=O)c(-c3ccc(CF)cc3)c2c1. The zero-order valence-corrected chi connectivity index (χ0v) is 20.2. The quantitative estimate of drug-likeness (QED) is 0.453. The van der Waals surface area contributed by atoms with Crippen molar-refractivity contribution in [1.82, 2.24) is 4.57 Å². The molecule has 0 spiro atoms. The van der Waals surface area contributed by atoms with Gasteiger partial charge in [-0.2, -0.15) is 0 Å². The summed E-state index contributed by atoms with van der Waals surface area (Å²) in [6.45, 7) is 6.67. The lowest BCUT2D eigenvalue weighted by molar-refractivity contribution is -0.107. The number of aliphatic hydroxyl groups is 2. The number of aryl methyl sites for hydroxylation is 1. The van der Waals surface area contributed by atoms with Gasteiger partial charge in [0.1, 0.15) is 13.0 Å². The van der Waals surface area contributed by atoms with Crippen molar-refractivity contribution in [3.05, 3.63) is 69.6 Å². The van der Waals surface area contributed by atoms with Crippen LogP contribution in [0, 0.1) is 19.8 Å². The predicted molar refractivity (Wildman–Crippen MR) is 134 cm³/mol. The van der Waals surface area contributed by atoms with Crippen LogP contribution < -0.4 is 5.56 Å². The van der Waals surface area contributed by atoms with Gasteiger partial charge in [-0.3, -0.25) is 4.79 Å². The predicted octanol–water partition coefficient (Wildman–Crippen LogP) is 4.36. The third-order valence-electron chi connectivity index (χ3n) is 4.35. The molecular weight excluding hydrogens is 421 g/mol. The second-order valence-corrected chi connectivity index (χ2v) is 8.11. The van der Waals surface area contributed by atoms with Crippen molar-refractivity contribution in [3.8, 4) is 24.0 Å². The number of carbonyl (C=O) groups excluding carboxylic acids is 1. The number of benzene rings is 2. The number of carbonyl (C=O) groups is 1. The van der Waals surface area contributed by atoms with Gasteiger partial charge in [-0.25, -0.2) is 4.39 Å². The molecule has 1 heterocycles. The maximum absolute atomic E-state index is 12.8. The van der Waals surface area contributed by atoms with Crippen molar-refractivity contribution < 1.29 is 19.4 Å². The summed E-state index contributed by atoms with van der Waals surface area (Å²) in [5, 5.41) is 17.0. The van der Waals surface area contributed by atoms with Crippen LogP contribution in [-0.2, 0) is 24.9 Å². The van der Waals surface area contributed by atoms with E-state index in [1.807, 2.05) is 37.3 Å². The number of halogens is 1. The Labute approximate surface area is 195 Å². The van der Waals surface area contributed by atoms with Gasteiger partial charge < -0.3 is 19.6 Å². The number of nitrogens with zero attached hydrogens (tertiary/aromatic N) is 1. The van der Waals surface area contributed by atoms with E-state index in [0.29, 0.717) is 16.6 Å². The van der Waals surface area contributed by atoms with E-state index in [2.05, 4.69) is 12.8 Å². The molecule has 2 aromatic carbocycles. The fraction of sp³-hybridized carbons (Fsp3) is 0.333. The Bertz CT molecular complexity index is 1100. The second-order valence-electron chi connectivity index (χ2n) is 8.11. The van der Waals surface area contributed by atoms with E-state index < -0.39 is 12.3 Å². The largest absolute Gasteiger partial charge is 0.400 e. The zero-order valence-electron chi connectivity index (χ0n) is 20.2. The van der Waals surface area contributed by atoms with E-state index in [1.54, 1.807) is 40.0 Å². The van der Waals surface area contributed by atoms with Gasteiger partial charge >= 0.3 is 0 Å². The molecule has 0 atom stereocenters. The third-order valence-corrected chi connectivity index (χ3v) is 4.35. The summed E-state index contributed by atoms with van der Waals surface area (Å²) in [4.78, 5) is 23.8. The van der Waals surface area contributed by atoms with Crippen LogP contribution in [0.3, 0.4) is 0 Å². The zero-order chi connectivity index (χ0) is 25.8. The maximum atomic E-state index is 12.8. The van der Waals surface area contributed by atoms with Crippen molar-refractivity contribution in [1.29, 1.82) is 0 Å². The van der Waals surface area contributed by atoms with E-state index in [1.165, 1.54) is 4.57 Å². The minimum atomic E-state index is -0.519. The van der Waals surface area contributed by atoms with Crippen LogP contribution in [0.25, 0.3) is 21.9 Å². The molecule has 33 heavy (non-hydrogen) atoms. The first-order chi connectivity index (χ1) is 15.6. The van der Waals surface area contributed by atoms with Crippen LogP contribution in [0.4, 0.5) is 4.39 Å². The van der Waals surface area contributed by atoms with Crippen molar-refractivity contribution in [2.45, 2.75) is 46.4 Å². The number of aldehydes is 1. The first-order valence-corrected chi connectivity index (χ1v) is 10.3. The van der Waals surface area contributed by atoms with Gasteiger partial charge in [0.05, 0.1) is 5.60 Å². The molecule has 3 aromatic rings. The molecule has 6 heteroatoms. The average molecular weight is 456 g/mol. The summed E-state index contributed by atoms with van der Waals surface area (Å²) < 4.78 is 14.3. The Kier molecular flexibility index (Phi) is 12.6. The van der Waals surface area contributed by atoms with Gasteiger partial charge in [-0.15, -0.1) is 12.8 Å². The summed E-state index contributed by atoms with van der Waals surface area (Å²) in [5.41, 5.74) is 3.41. The fourth-order valence-electron chi connectivity index (χ4n) is 3.08. The standard InChI is InChI=1S/C20H18FNO2.C4H10O.C2H2.CH4O/c1-13-3-8-16-17(11-13)19(15-6-4-14(12-21)5-7-15)18(9-10-23)22(2)20(16)24;1-4(2,3)5;2*1-2/h3-8,10-11H,9,12H2,1-2H3;5H,1-3H3;1-2H;2H,1H3. The van der Waals surface area contributed by atoms with Gasteiger partial charge in [-0.05, 0) is 50.3 Å². The summed E-state index contributed by atoms with van der Waals surface area (Å²) in [6, 6.07) is 12.8. The molecule has 0 amide bonds. The minimum Gasteiger partial charge on any atom is -0.400 e. The number of terminal acetylenes is 1. The minimum absolute atomic E-state index is 0.119. The van der Waals surface area contributed by atoms with Crippen LogP contribution in [0.15, 0.2) is 47.3 Å². The molecule has 2 N–H and O–H groups in total. The Morgan fingerprint density at radius 2 is 1.55 bits per heavy atom. The number of rotatable bonds is 4. The van der Waals surface area contributed by atoms with Crippen molar-refractivity contribution >= 4 is 17.1 Å². The van der Waals surface area contributed by atoms with Crippen molar-refractivity contribution in [3.63, 3.8) is 0 Å². The van der Waals surface area contributed by atoms with E-state index in [-0.39, 0.29) is 12.0 Å². The molecule has 1 aromatic heterocycles. The number of fused-ring (bicyclic) bond motifs is 1. The normalized spacial score (nSPS) is 10.0. The molecule has 0 aliphatic rings. The second kappa shape index (κ2) is 14.0. The highest BCUT2D eigenvalue weighted by molar-refractivity contribution is 5.98. The molecule has 0 aliphatic carbocycles. The lowest BCUT2D eigenvalue weighted by Gasteiger charge is -2.17. The molecule has 178 valence electrons. The Hall–Kier alpha value is -3.27. The lowest BCUT2D eigenvalue weighted by atomic mass is 9.94. The van der Waals surface area contributed by atoms with Crippen LogP contribution in [0.1, 0.15) is 37.6 Å². The highest BCUT2D eigenvalue weighted by Crippen LogP contribution is 2.31. The number of aliphatic hydroxyl groups excluding tert-OH is 1. The summed E-state index contributed by atoms with van der Waals surface area (Å²) in [5.74, 6) is 0. The maximum Gasteiger partial charge on any atom is 0.258 e. The van der Waals surface area contributed by atoms with Crippen LogP contribution in [-0.4, -0.2) is 33.8 Å². The summed E-state index contributed by atoms with van der Waals surface area (Å²) in [7, 11) is 2.68. The molecular formula is C27H34FNO4. The number of hydrogen-bond acceptors (Lipinski definition) is 4. The highest BCUT2D eigenvalue weighted by Gasteiger charge is 2.16. The Morgan fingerprint density at radius 1 is 1.03 bits per heavy atom. The van der Waals surface area contributed by atoms with Crippen LogP contribution in [0.5, 0.6) is 0 Å². The number of pyridine rings is 1. The summed E-state index contributed by atoms with van der Waals surface area (Å²) >= 11 is 0. The van der Waals surface area contributed by atoms with Gasteiger partial charge in [0, 0.05) is 37.2 Å². The molecule has 0 aliphatic heterocycles. The topological polar surface area (TPSA) is 79.5 Å². The van der Waals surface area contributed by atoms with E-state index >= 15 is 0 Å². The molecule has 3 rings (SSSR count). The third kappa shape index (κ3) is 8.64. The first kappa shape index (κ1) is 29.7. The molecule has 0 bridgehead atoms. The van der Waals surface area contributed by atoms with E-state index in [9.17, 15) is 14.0 Å². The number of hydrogen-bond donors (Lipinski definition) is 2. The molecule has 0 unspecified atom stereocenters. The van der Waals surface area contributed by atoms with Crippen LogP contribution in [0.2, 0.25) is 0 Å². The smallest absolute Gasteiger partial charge is 0.258 e. The number of alkyl halides is 1. The van der Waals surface area contributed by atoms with Gasteiger partial charge in [0.2, 0.25) is 0 Å². The molecule has 0 saturated heterocycles. The van der Waals surface area contributed by atoms with Crippen molar-refractivity contribution in [2.24, 2.45) is 7.05 Å². The van der Waals surface area contributed by atoms with Gasteiger partial charge in [-0.1, -0.05) is 42.0 Å². The summed E-state index contributed by atoms with van der Waals surface area (Å²) in [6.07, 6.45) is 8.95. The van der Waals surface area contributed by atoms with E-state index in [4.69, 9.17) is 10.2 Å². The van der Waals surface area contributed by atoms with E-state index in [0.717, 1.165) is 35.5 Å². The van der Waals surface area contributed by atoms with Crippen molar-refractivity contribution in [2.75, 3.05) is 7.11 Å². The first-order valence-electron chi connectivity index (χ1n) is 10.3. The Balaban J connectivity index is 0.000000991. The Morgan fingerprint density at radius 3 is 2.00 bits per heavy atom. The van der Waals surface area contributed by atoms with Gasteiger partial charge in [0.25, 0.3) is 5.56 Å². The number of aromatic nitrogens is 1. The van der Waals surface area contributed by atoms with Crippen LogP contribution >= 0.6 is 0 Å². The molecule has 5 nitrogen and oxygen atoms in total.